The van der Waals surface area contributed by atoms with Crippen molar-refractivity contribution in [1.82, 2.24) is 0 Å². The van der Waals surface area contributed by atoms with E-state index in [1.165, 1.54) is 0 Å². The van der Waals surface area contributed by atoms with Crippen LogP contribution in [0.2, 0.25) is 0 Å². The van der Waals surface area contributed by atoms with Crippen molar-refractivity contribution in [2.24, 2.45) is 0 Å². The molecule has 3 N–H and O–H groups in total. The van der Waals surface area contributed by atoms with E-state index < -0.39 is 24.6 Å². The van der Waals surface area contributed by atoms with Gasteiger partial charge in [-0.2, -0.15) is 0 Å². The molecule has 1 saturated heterocycles. The van der Waals surface area contributed by atoms with Crippen LogP contribution in [0.15, 0.2) is 24.3 Å². The monoisotopic (exact) mass is 264 g/mol. The van der Waals surface area contributed by atoms with Crippen molar-refractivity contribution < 1.29 is 24.8 Å². The van der Waals surface area contributed by atoms with Crippen LogP contribution in [0.1, 0.15) is 11.1 Å². The average Bonchev–Trinajstić information content (AvgIpc) is 2.67. The van der Waals surface area contributed by atoms with E-state index in [-0.39, 0.29) is 6.61 Å². The first-order valence-corrected chi connectivity index (χ1v) is 5.95. The van der Waals surface area contributed by atoms with Crippen LogP contribution >= 0.6 is 0 Å². The fourth-order valence-electron chi connectivity index (χ4n) is 1.86. The molecule has 1 fully saturated rings. The van der Waals surface area contributed by atoms with Gasteiger partial charge < -0.3 is 24.8 Å². The zero-order chi connectivity index (χ0) is 13.8. The van der Waals surface area contributed by atoms with E-state index in [0.717, 1.165) is 11.1 Å². The van der Waals surface area contributed by atoms with Gasteiger partial charge in [0.2, 0.25) is 0 Å². The Hall–Kier alpha value is -1.42. The molecule has 1 heterocycles. The molecule has 0 amide bonds. The molecule has 102 valence electrons. The lowest BCUT2D eigenvalue weighted by Crippen LogP contribution is -2.34. The lowest BCUT2D eigenvalue weighted by atomic mass is 10.1. The standard InChI is InChI=1S/C14H16O5/c1-2-9-3-5-10(6-4-9)7-18-8-11-12(15)13(16)14(17)19-11/h1,3-6,11-17H,7-8H2/t11-,12?,13-,14?/m1/s1. The summed E-state index contributed by atoms with van der Waals surface area (Å²) in [6, 6.07) is 7.33. The maximum Gasteiger partial charge on any atom is 0.184 e. The predicted molar refractivity (Wildman–Crippen MR) is 66.9 cm³/mol. The third-order valence-corrected chi connectivity index (χ3v) is 3.01. The molecule has 5 nitrogen and oxygen atoms in total. The van der Waals surface area contributed by atoms with Gasteiger partial charge in [-0.25, -0.2) is 0 Å². The molecular weight excluding hydrogens is 248 g/mol. The lowest BCUT2D eigenvalue weighted by Gasteiger charge is -2.14. The topological polar surface area (TPSA) is 79.2 Å². The molecule has 0 bridgehead atoms. The molecule has 1 aliphatic heterocycles. The first-order valence-electron chi connectivity index (χ1n) is 5.95. The largest absolute Gasteiger partial charge is 0.387 e. The second kappa shape index (κ2) is 6.15. The summed E-state index contributed by atoms with van der Waals surface area (Å²) in [6.07, 6.45) is 0.733. The second-order valence-corrected chi connectivity index (χ2v) is 4.40. The Morgan fingerprint density at radius 2 is 1.84 bits per heavy atom. The van der Waals surface area contributed by atoms with Gasteiger partial charge in [0.05, 0.1) is 13.2 Å². The highest BCUT2D eigenvalue weighted by molar-refractivity contribution is 5.33. The molecule has 1 aromatic rings. The first-order chi connectivity index (χ1) is 9.11. The van der Waals surface area contributed by atoms with Crippen molar-refractivity contribution in [3.8, 4) is 12.3 Å². The third kappa shape index (κ3) is 3.32. The Labute approximate surface area is 111 Å². The molecule has 0 radical (unpaired) electrons. The summed E-state index contributed by atoms with van der Waals surface area (Å²) >= 11 is 0. The number of hydrogen-bond acceptors (Lipinski definition) is 5. The van der Waals surface area contributed by atoms with Crippen LogP contribution in [-0.4, -0.2) is 46.5 Å². The summed E-state index contributed by atoms with van der Waals surface area (Å²) < 4.78 is 10.3. The van der Waals surface area contributed by atoms with Gasteiger partial charge in [-0.3, -0.25) is 0 Å². The van der Waals surface area contributed by atoms with Gasteiger partial charge in [-0.1, -0.05) is 18.1 Å². The summed E-state index contributed by atoms with van der Waals surface area (Å²) in [5, 5.41) is 28.1. The highest BCUT2D eigenvalue weighted by Crippen LogP contribution is 2.20. The molecule has 1 aromatic carbocycles. The molecular formula is C14H16O5. The first kappa shape index (κ1) is 14.0. The molecule has 0 saturated carbocycles. The Morgan fingerprint density at radius 3 is 2.37 bits per heavy atom. The normalized spacial score (nSPS) is 30.2. The molecule has 2 unspecified atom stereocenters. The highest BCUT2D eigenvalue weighted by atomic mass is 16.7. The second-order valence-electron chi connectivity index (χ2n) is 4.40. The van der Waals surface area contributed by atoms with E-state index in [9.17, 15) is 15.3 Å². The molecule has 0 aromatic heterocycles. The smallest absolute Gasteiger partial charge is 0.184 e. The summed E-state index contributed by atoms with van der Waals surface area (Å²) in [4.78, 5) is 0. The molecule has 2 rings (SSSR count). The van der Waals surface area contributed by atoms with Crippen molar-refractivity contribution in [2.45, 2.75) is 31.2 Å². The van der Waals surface area contributed by atoms with Crippen LogP contribution in [-0.2, 0) is 16.1 Å². The fraction of sp³-hybridized carbons (Fsp3) is 0.429. The molecule has 0 spiro atoms. The lowest BCUT2D eigenvalue weighted by molar-refractivity contribution is -0.137. The Morgan fingerprint density at radius 1 is 1.16 bits per heavy atom. The average molecular weight is 264 g/mol. The number of rotatable bonds is 4. The zero-order valence-electron chi connectivity index (χ0n) is 10.3. The van der Waals surface area contributed by atoms with Gasteiger partial charge >= 0.3 is 0 Å². The van der Waals surface area contributed by atoms with Gasteiger partial charge in [0.25, 0.3) is 0 Å². The zero-order valence-corrected chi connectivity index (χ0v) is 10.3. The van der Waals surface area contributed by atoms with E-state index in [1.807, 2.05) is 24.3 Å². The van der Waals surface area contributed by atoms with Crippen molar-refractivity contribution in [3.63, 3.8) is 0 Å². The van der Waals surface area contributed by atoms with Crippen LogP contribution in [0.5, 0.6) is 0 Å². The summed E-state index contributed by atoms with van der Waals surface area (Å²) in [7, 11) is 0. The van der Waals surface area contributed by atoms with Gasteiger partial charge in [0, 0.05) is 5.56 Å². The molecule has 19 heavy (non-hydrogen) atoms. The molecule has 1 aliphatic rings. The molecule has 5 heteroatoms. The number of aliphatic hydroxyl groups is 3. The van der Waals surface area contributed by atoms with E-state index >= 15 is 0 Å². The van der Waals surface area contributed by atoms with Crippen LogP contribution in [0.3, 0.4) is 0 Å². The van der Waals surface area contributed by atoms with Gasteiger partial charge in [0.1, 0.15) is 18.3 Å². The van der Waals surface area contributed by atoms with Crippen molar-refractivity contribution >= 4 is 0 Å². The van der Waals surface area contributed by atoms with E-state index in [1.54, 1.807) is 0 Å². The van der Waals surface area contributed by atoms with E-state index in [4.69, 9.17) is 15.9 Å². The third-order valence-electron chi connectivity index (χ3n) is 3.01. The number of ether oxygens (including phenoxy) is 2. The minimum Gasteiger partial charge on any atom is -0.387 e. The maximum absolute atomic E-state index is 9.56. The summed E-state index contributed by atoms with van der Waals surface area (Å²) in [5.74, 6) is 2.52. The van der Waals surface area contributed by atoms with Gasteiger partial charge in [0.15, 0.2) is 6.29 Å². The van der Waals surface area contributed by atoms with Gasteiger partial charge in [-0.15, -0.1) is 6.42 Å². The van der Waals surface area contributed by atoms with Crippen molar-refractivity contribution in [2.75, 3.05) is 6.61 Å². The van der Waals surface area contributed by atoms with Gasteiger partial charge in [-0.05, 0) is 17.7 Å². The molecule has 0 aliphatic carbocycles. The Kier molecular flexibility index (Phi) is 4.53. The van der Waals surface area contributed by atoms with Crippen molar-refractivity contribution in [3.05, 3.63) is 35.4 Å². The SMILES string of the molecule is C#Cc1ccc(COC[C@H]2OC(O)[C@H](O)C2O)cc1. The molecule has 4 atom stereocenters. The van der Waals surface area contributed by atoms with E-state index in [0.29, 0.717) is 6.61 Å². The maximum atomic E-state index is 9.56. The predicted octanol–water partition coefficient (Wildman–Crippen LogP) is -0.377. The summed E-state index contributed by atoms with van der Waals surface area (Å²) in [5.41, 5.74) is 1.73. The minimum absolute atomic E-state index is 0.0895. The Bertz CT molecular complexity index is 450. The fourth-order valence-corrected chi connectivity index (χ4v) is 1.86. The number of terminal acetylenes is 1. The highest BCUT2D eigenvalue weighted by Gasteiger charge is 2.41. The number of hydrogen-bond donors (Lipinski definition) is 3. The van der Waals surface area contributed by atoms with Crippen molar-refractivity contribution in [1.29, 1.82) is 0 Å². The van der Waals surface area contributed by atoms with Crippen LogP contribution in [0.4, 0.5) is 0 Å². The van der Waals surface area contributed by atoms with E-state index in [2.05, 4.69) is 5.92 Å². The quantitative estimate of drug-likeness (QED) is 0.646. The van der Waals surface area contributed by atoms with Crippen LogP contribution in [0.25, 0.3) is 0 Å². The Balaban J connectivity index is 1.79. The number of aliphatic hydroxyl groups excluding tert-OH is 3. The van der Waals surface area contributed by atoms with Crippen LogP contribution < -0.4 is 0 Å². The minimum atomic E-state index is -1.36. The number of benzene rings is 1. The summed E-state index contributed by atoms with van der Waals surface area (Å²) in [6.45, 7) is 0.426. The van der Waals surface area contributed by atoms with Crippen LogP contribution in [0, 0.1) is 12.3 Å².